The smallest absolute Gasteiger partial charge is 0.115 e. The van der Waals surface area contributed by atoms with Crippen molar-refractivity contribution in [1.29, 1.82) is 0 Å². The average molecular weight is 290 g/mol. The van der Waals surface area contributed by atoms with Crippen LogP contribution in [-0.4, -0.2) is 34.7 Å². The minimum absolute atomic E-state index is 0.194. The molecule has 0 saturated carbocycles. The van der Waals surface area contributed by atoms with Gasteiger partial charge in [0.05, 0.1) is 0 Å². The summed E-state index contributed by atoms with van der Waals surface area (Å²) in [5, 5.41) is 13.2. The topological polar surface area (TPSA) is 35.5 Å². The van der Waals surface area contributed by atoms with Gasteiger partial charge < -0.3 is 10.4 Å². The zero-order chi connectivity index (χ0) is 15.7. The fourth-order valence-electron chi connectivity index (χ4n) is 2.97. The minimum Gasteiger partial charge on any atom is -0.508 e. The van der Waals surface area contributed by atoms with Gasteiger partial charge in [0.1, 0.15) is 5.75 Å². The lowest BCUT2D eigenvalue weighted by Crippen LogP contribution is -2.65. The normalized spacial score (nSPS) is 27.8. The van der Waals surface area contributed by atoms with Gasteiger partial charge in [0, 0.05) is 31.2 Å². The summed E-state index contributed by atoms with van der Waals surface area (Å²) in [4.78, 5) is 2.60. The largest absolute Gasteiger partial charge is 0.508 e. The molecule has 1 aliphatic heterocycles. The maximum absolute atomic E-state index is 9.44. The molecule has 118 valence electrons. The van der Waals surface area contributed by atoms with E-state index < -0.39 is 0 Å². The zero-order valence-corrected chi connectivity index (χ0v) is 14.1. The van der Waals surface area contributed by atoms with E-state index in [2.05, 4.69) is 44.8 Å². The summed E-state index contributed by atoms with van der Waals surface area (Å²) in [5.74, 6) is 0.338. The Morgan fingerprint density at radius 2 is 1.90 bits per heavy atom. The molecule has 0 spiro atoms. The quantitative estimate of drug-likeness (QED) is 0.896. The second-order valence-corrected chi connectivity index (χ2v) is 7.70. The molecule has 0 aromatic heterocycles. The Balaban J connectivity index is 2.16. The van der Waals surface area contributed by atoms with Gasteiger partial charge in [0.15, 0.2) is 0 Å². The summed E-state index contributed by atoms with van der Waals surface area (Å²) >= 11 is 0. The maximum atomic E-state index is 9.44. The van der Waals surface area contributed by atoms with Crippen molar-refractivity contribution in [3.63, 3.8) is 0 Å². The number of hydrogen-bond donors (Lipinski definition) is 2. The lowest BCUT2D eigenvalue weighted by atomic mass is 9.81. The van der Waals surface area contributed by atoms with Crippen molar-refractivity contribution in [2.75, 3.05) is 13.1 Å². The van der Waals surface area contributed by atoms with Crippen LogP contribution in [0.25, 0.3) is 0 Å². The molecule has 1 aromatic rings. The van der Waals surface area contributed by atoms with Crippen molar-refractivity contribution in [1.82, 2.24) is 10.2 Å². The predicted molar refractivity (Wildman–Crippen MR) is 88.5 cm³/mol. The Morgan fingerprint density at radius 3 is 2.43 bits per heavy atom. The Kier molecular flexibility index (Phi) is 4.64. The van der Waals surface area contributed by atoms with Crippen LogP contribution >= 0.6 is 0 Å². The van der Waals surface area contributed by atoms with Crippen LogP contribution in [0.15, 0.2) is 24.3 Å². The molecule has 2 rings (SSSR count). The average Bonchev–Trinajstić information content (AvgIpc) is 2.42. The van der Waals surface area contributed by atoms with Gasteiger partial charge in [-0.2, -0.15) is 0 Å². The molecule has 0 amide bonds. The highest BCUT2D eigenvalue weighted by Gasteiger charge is 2.39. The van der Waals surface area contributed by atoms with Crippen molar-refractivity contribution in [2.45, 2.75) is 59.2 Å². The molecule has 3 heteroatoms. The third-order valence-electron chi connectivity index (χ3n) is 5.01. The van der Waals surface area contributed by atoms with Crippen molar-refractivity contribution in [2.24, 2.45) is 5.41 Å². The van der Waals surface area contributed by atoms with E-state index >= 15 is 0 Å². The van der Waals surface area contributed by atoms with Crippen LogP contribution in [0.4, 0.5) is 0 Å². The first-order valence-electron chi connectivity index (χ1n) is 8.01. The second-order valence-electron chi connectivity index (χ2n) is 7.70. The van der Waals surface area contributed by atoms with Gasteiger partial charge >= 0.3 is 0 Å². The number of phenolic OH excluding ortho intramolecular Hbond substituents is 1. The van der Waals surface area contributed by atoms with Gasteiger partial charge in [-0.3, -0.25) is 4.90 Å². The van der Waals surface area contributed by atoms with E-state index in [9.17, 15) is 5.11 Å². The van der Waals surface area contributed by atoms with Crippen LogP contribution in [0.5, 0.6) is 5.75 Å². The molecule has 0 bridgehead atoms. The number of piperazine rings is 1. The molecule has 3 nitrogen and oxygen atoms in total. The molecule has 1 aromatic carbocycles. The molecule has 0 radical (unpaired) electrons. The highest BCUT2D eigenvalue weighted by molar-refractivity contribution is 5.26. The summed E-state index contributed by atoms with van der Waals surface area (Å²) in [6.45, 7) is 14.6. The lowest BCUT2D eigenvalue weighted by molar-refractivity contribution is 0.0157. The molecule has 2 unspecified atom stereocenters. The number of rotatable bonds is 3. The molecular formula is C18H30N2O. The summed E-state index contributed by atoms with van der Waals surface area (Å²) in [6, 6.07) is 8.12. The molecule has 1 aliphatic rings. The van der Waals surface area contributed by atoms with E-state index in [1.165, 1.54) is 5.56 Å². The second kappa shape index (κ2) is 5.98. The highest BCUT2D eigenvalue weighted by atomic mass is 16.3. The number of phenols is 1. The van der Waals surface area contributed by atoms with Crippen LogP contribution in [0, 0.1) is 5.41 Å². The summed E-state index contributed by atoms with van der Waals surface area (Å²) in [7, 11) is 0. The van der Waals surface area contributed by atoms with E-state index in [1.54, 1.807) is 12.1 Å². The lowest BCUT2D eigenvalue weighted by Gasteiger charge is -2.51. The summed E-state index contributed by atoms with van der Waals surface area (Å²) in [6.07, 6.45) is 1.13. The molecule has 1 saturated heterocycles. The molecule has 2 atom stereocenters. The monoisotopic (exact) mass is 290 g/mol. The number of nitrogens with one attached hydrogen (secondary N) is 1. The SMILES string of the molecule is CCC1(C)CNC(C(C)(C)C)CN1Cc1ccc(O)cc1. The van der Waals surface area contributed by atoms with Gasteiger partial charge in [-0.25, -0.2) is 0 Å². The van der Waals surface area contributed by atoms with E-state index in [-0.39, 0.29) is 11.0 Å². The number of hydrogen-bond acceptors (Lipinski definition) is 3. The Hall–Kier alpha value is -1.06. The fourth-order valence-corrected chi connectivity index (χ4v) is 2.97. The first kappa shape index (κ1) is 16.3. The van der Waals surface area contributed by atoms with Gasteiger partial charge in [-0.1, -0.05) is 39.8 Å². The van der Waals surface area contributed by atoms with E-state index in [4.69, 9.17) is 0 Å². The van der Waals surface area contributed by atoms with E-state index in [0.717, 1.165) is 26.1 Å². The van der Waals surface area contributed by atoms with Gasteiger partial charge in [-0.05, 0) is 36.5 Å². The Labute approximate surface area is 129 Å². The molecule has 1 fully saturated rings. The highest BCUT2D eigenvalue weighted by Crippen LogP contribution is 2.30. The molecule has 0 aliphatic carbocycles. The van der Waals surface area contributed by atoms with Crippen molar-refractivity contribution in [3.8, 4) is 5.75 Å². The zero-order valence-electron chi connectivity index (χ0n) is 14.1. The van der Waals surface area contributed by atoms with Crippen LogP contribution in [0.1, 0.15) is 46.6 Å². The van der Waals surface area contributed by atoms with Crippen LogP contribution in [0.3, 0.4) is 0 Å². The van der Waals surface area contributed by atoms with Crippen molar-refractivity contribution in [3.05, 3.63) is 29.8 Å². The number of nitrogens with zero attached hydrogens (tertiary/aromatic N) is 1. The van der Waals surface area contributed by atoms with Crippen molar-refractivity contribution >= 4 is 0 Å². The van der Waals surface area contributed by atoms with Gasteiger partial charge in [-0.15, -0.1) is 0 Å². The first-order valence-corrected chi connectivity index (χ1v) is 8.01. The number of aromatic hydroxyl groups is 1. The van der Waals surface area contributed by atoms with Crippen LogP contribution in [-0.2, 0) is 6.54 Å². The Morgan fingerprint density at radius 1 is 1.29 bits per heavy atom. The fraction of sp³-hybridized carbons (Fsp3) is 0.667. The summed E-state index contributed by atoms with van der Waals surface area (Å²) < 4.78 is 0. The molecule has 21 heavy (non-hydrogen) atoms. The van der Waals surface area contributed by atoms with Crippen LogP contribution in [0.2, 0.25) is 0 Å². The Bertz CT molecular complexity index is 463. The van der Waals surface area contributed by atoms with E-state index in [0.29, 0.717) is 11.8 Å². The maximum Gasteiger partial charge on any atom is 0.115 e. The molecule has 1 heterocycles. The molecule has 2 N–H and O–H groups in total. The minimum atomic E-state index is 0.194. The standard InChI is InChI=1S/C18H30N2O/c1-6-18(5)13-19-16(17(2,3)4)12-20(18)11-14-7-9-15(21)10-8-14/h7-10,16,19,21H,6,11-13H2,1-5H3. The first-order chi connectivity index (χ1) is 9.74. The van der Waals surface area contributed by atoms with Gasteiger partial charge in [0.25, 0.3) is 0 Å². The van der Waals surface area contributed by atoms with Gasteiger partial charge in [0.2, 0.25) is 0 Å². The third-order valence-corrected chi connectivity index (χ3v) is 5.01. The number of benzene rings is 1. The van der Waals surface area contributed by atoms with E-state index in [1.807, 2.05) is 12.1 Å². The third kappa shape index (κ3) is 3.78. The van der Waals surface area contributed by atoms with Crippen molar-refractivity contribution < 1.29 is 5.11 Å². The van der Waals surface area contributed by atoms with Crippen LogP contribution < -0.4 is 5.32 Å². The predicted octanol–water partition coefficient (Wildman–Crippen LogP) is 3.38. The molecular weight excluding hydrogens is 260 g/mol. The summed E-state index contributed by atoms with van der Waals surface area (Å²) in [5.41, 5.74) is 1.73.